The summed E-state index contributed by atoms with van der Waals surface area (Å²) < 4.78 is 11.9. The number of carboxylic acids is 1. The Balaban J connectivity index is 1.44. The van der Waals surface area contributed by atoms with Gasteiger partial charge in [-0.25, -0.2) is 4.79 Å². The van der Waals surface area contributed by atoms with Gasteiger partial charge in [-0.05, 0) is 26.2 Å². The van der Waals surface area contributed by atoms with Crippen molar-refractivity contribution in [3.8, 4) is 0 Å². The normalized spacial score (nSPS) is 33.1. The van der Waals surface area contributed by atoms with Crippen LogP contribution >= 0.6 is 0 Å². The summed E-state index contributed by atoms with van der Waals surface area (Å²) in [6.07, 6.45) is 5.71. The van der Waals surface area contributed by atoms with Crippen molar-refractivity contribution in [2.75, 3.05) is 26.2 Å². The molecule has 1 saturated carbocycles. The Bertz CT molecular complexity index is 477. The zero-order chi connectivity index (χ0) is 16.5. The van der Waals surface area contributed by atoms with Crippen molar-refractivity contribution >= 4 is 12.0 Å². The first-order valence-electron chi connectivity index (χ1n) is 8.50. The van der Waals surface area contributed by atoms with Gasteiger partial charge in [0.2, 0.25) is 0 Å². The molecular weight excluding hydrogens is 300 g/mol. The number of urea groups is 1. The second-order valence-corrected chi connectivity index (χ2v) is 7.25. The largest absolute Gasteiger partial charge is 0.481 e. The van der Waals surface area contributed by atoms with Crippen LogP contribution in [0.5, 0.6) is 0 Å². The molecule has 2 atom stereocenters. The molecule has 7 nitrogen and oxygen atoms in total. The Hall–Kier alpha value is -1.34. The SMILES string of the molecule is CC1(C(=O)O)CCN(C(=O)NCC2COC3(CCCCC3)O2)C1. The minimum atomic E-state index is -0.848. The van der Waals surface area contributed by atoms with Crippen LogP contribution in [0.15, 0.2) is 0 Å². The monoisotopic (exact) mass is 326 g/mol. The second kappa shape index (κ2) is 6.28. The minimum Gasteiger partial charge on any atom is -0.481 e. The molecule has 0 radical (unpaired) electrons. The summed E-state index contributed by atoms with van der Waals surface area (Å²) in [6.45, 7) is 3.32. The molecule has 3 aliphatic rings. The summed E-state index contributed by atoms with van der Waals surface area (Å²) in [5.41, 5.74) is -0.837. The molecule has 3 rings (SSSR count). The average Bonchev–Trinajstić information content (AvgIpc) is 3.11. The van der Waals surface area contributed by atoms with Crippen LogP contribution in [0, 0.1) is 5.41 Å². The number of nitrogens with zero attached hydrogens (tertiary/aromatic N) is 1. The Labute approximate surface area is 136 Å². The first kappa shape index (κ1) is 16.5. The number of hydrogen-bond acceptors (Lipinski definition) is 4. The van der Waals surface area contributed by atoms with Gasteiger partial charge in [-0.3, -0.25) is 4.79 Å². The lowest BCUT2D eigenvalue weighted by atomic mass is 9.90. The Morgan fingerprint density at radius 2 is 2.00 bits per heavy atom. The Morgan fingerprint density at radius 3 is 2.65 bits per heavy atom. The van der Waals surface area contributed by atoms with Crippen LogP contribution < -0.4 is 5.32 Å². The Morgan fingerprint density at radius 1 is 1.26 bits per heavy atom. The highest BCUT2D eigenvalue weighted by Gasteiger charge is 2.44. The molecule has 1 spiro atoms. The molecule has 23 heavy (non-hydrogen) atoms. The maximum Gasteiger partial charge on any atom is 0.317 e. The van der Waals surface area contributed by atoms with Crippen LogP contribution in [0.3, 0.4) is 0 Å². The number of rotatable bonds is 3. The fourth-order valence-electron chi connectivity index (χ4n) is 3.69. The van der Waals surface area contributed by atoms with Crippen molar-refractivity contribution in [3.05, 3.63) is 0 Å². The van der Waals surface area contributed by atoms with E-state index in [4.69, 9.17) is 9.47 Å². The van der Waals surface area contributed by atoms with Crippen molar-refractivity contribution in [1.82, 2.24) is 10.2 Å². The highest BCUT2D eigenvalue weighted by Crippen LogP contribution is 2.37. The van der Waals surface area contributed by atoms with Crippen LogP contribution in [0.2, 0.25) is 0 Å². The minimum absolute atomic E-state index is 0.120. The van der Waals surface area contributed by atoms with Gasteiger partial charge in [-0.1, -0.05) is 6.42 Å². The zero-order valence-electron chi connectivity index (χ0n) is 13.7. The van der Waals surface area contributed by atoms with Crippen LogP contribution in [-0.4, -0.2) is 60.1 Å². The molecule has 2 saturated heterocycles. The first-order chi connectivity index (χ1) is 10.9. The first-order valence-corrected chi connectivity index (χ1v) is 8.50. The maximum atomic E-state index is 12.2. The summed E-state index contributed by atoms with van der Waals surface area (Å²) >= 11 is 0. The second-order valence-electron chi connectivity index (χ2n) is 7.25. The van der Waals surface area contributed by atoms with Gasteiger partial charge in [-0.15, -0.1) is 0 Å². The number of ether oxygens (including phenoxy) is 2. The summed E-state index contributed by atoms with van der Waals surface area (Å²) in [6, 6.07) is -0.219. The number of amides is 2. The number of carbonyl (C=O) groups excluding carboxylic acids is 1. The van der Waals surface area contributed by atoms with E-state index in [0.29, 0.717) is 26.1 Å². The van der Waals surface area contributed by atoms with E-state index in [2.05, 4.69) is 5.32 Å². The molecule has 0 aromatic carbocycles. The van der Waals surface area contributed by atoms with Crippen molar-refractivity contribution in [2.45, 2.75) is 57.3 Å². The molecule has 2 N–H and O–H groups in total. The van der Waals surface area contributed by atoms with E-state index in [0.717, 1.165) is 25.7 Å². The van der Waals surface area contributed by atoms with E-state index in [-0.39, 0.29) is 18.7 Å². The molecule has 130 valence electrons. The number of likely N-dealkylation sites (tertiary alicyclic amines) is 1. The zero-order valence-corrected chi connectivity index (χ0v) is 13.7. The number of nitrogens with one attached hydrogen (secondary N) is 1. The van der Waals surface area contributed by atoms with Crippen molar-refractivity contribution in [2.24, 2.45) is 5.41 Å². The lowest BCUT2D eigenvalue weighted by molar-refractivity contribution is -0.186. The molecule has 1 aliphatic carbocycles. The van der Waals surface area contributed by atoms with Crippen molar-refractivity contribution < 1.29 is 24.2 Å². The van der Waals surface area contributed by atoms with Gasteiger partial charge in [0.15, 0.2) is 5.79 Å². The summed E-state index contributed by atoms with van der Waals surface area (Å²) in [5, 5.41) is 12.1. The molecule has 7 heteroatoms. The van der Waals surface area contributed by atoms with Gasteiger partial charge in [0.25, 0.3) is 0 Å². The highest BCUT2D eigenvalue weighted by molar-refractivity contribution is 5.79. The summed E-state index contributed by atoms with van der Waals surface area (Å²) in [4.78, 5) is 25.0. The fraction of sp³-hybridized carbons (Fsp3) is 0.875. The van der Waals surface area contributed by atoms with E-state index in [1.807, 2.05) is 0 Å². The smallest absolute Gasteiger partial charge is 0.317 e. The van der Waals surface area contributed by atoms with Gasteiger partial charge in [0.1, 0.15) is 6.10 Å². The predicted octanol–water partition coefficient (Wildman–Crippen LogP) is 1.57. The van der Waals surface area contributed by atoms with Crippen molar-refractivity contribution in [1.29, 1.82) is 0 Å². The van der Waals surface area contributed by atoms with E-state index in [1.54, 1.807) is 11.8 Å². The molecular formula is C16H26N2O5. The third-order valence-corrected chi connectivity index (χ3v) is 5.29. The summed E-state index contributed by atoms with van der Waals surface area (Å²) in [5.74, 6) is -1.28. The molecule has 0 bridgehead atoms. The standard InChI is InChI=1S/C16H26N2O5/c1-15(13(19)20)7-8-18(11-15)14(21)17-9-12-10-22-16(23-12)5-3-2-4-6-16/h12H,2-11H2,1H3,(H,17,21)(H,19,20). The number of hydrogen-bond donors (Lipinski definition) is 2. The fourth-order valence-corrected chi connectivity index (χ4v) is 3.69. The summed E-state index contributed by atoms with van der Waals surface area (Å²) in [7, 11) is 0. The number of carboxylic acid groups (broad SMARTS) is 1. The van der Waals surface area contributed by atoms with Gasteiger partial charge in [0.05, 0.1) is 12.0 Å². The maximum absolute atomic E-state index is 12.2. The Kier molecular flexibility index (Phi) is 4.51. The molecule has 2 amide bonds. The topological polar surface area (TPSA) is 88.1 Å². The lowest BCUT2D eigenvalue weighted by Crippen LogP contribution is -2.44. The molecule has 0 aromatic rings. The van der Waals surface area contributed by atoms with E-state index < -0.39 is 17.2 Å². The highest BCUT2D eigenvalue weighted by atomic mass is 16.7. The predicted molar refractivity (Wildman–Crippen MR) is 82.0 cm³/mol. The molecule has 2 heterocycles. The van der Waals surface area contributed by atoms with Crippen LogP contribution in [0.25, 0.3) is 0 Å². The lowest BCUT2D eigenvalue weighted by Gasteiger charge is -2.31. The van der Waals surface area contributed by atoms with Crippen LogP contribution in [0.4, 0.5) is 4.79 Å². The molecule has 3 fully saturated rings. The number of carbonyl (C=O) groups is 2. The van der Waals surface area contributed by atoms with Crippen molar-refractivity contribution in [3.63, 3.8) is 0 Å². The van der Waals surface area contributed by atoms with Gasteiger partial charge >= 0.3 is 12.0 Å². The van der Waals surface area contributed by atoms with Crippen LogP contribution in [0.1, 0.15) is 45.4 Å². The van der Waals surface area contributed by atoms with Gasteiger partial charge in [0, 0.05) is 32.5 Å². The van der Waals surface area contributed by atoms with E-state index >= 15 is 0 Å². The molecule has 2 aliphatic heterocycles. The van der Waals surface area contributed by atoms with Crippen LogP contribution in [-0.2, 0) is 14.3 Å². The van der Waals surface area contributed by atoms with Gasteiger partial charge in [-0.2, -0.15) is 0 Å². The average molecular weight is 326 g/mol. The molecule has 2 unspecified atom stereocenters. The van der Waals surface area contributed by atoms with E-state index in [9.17, 15) is 14.7 Å². The molecule has 0 aromatic heterocycles. The number of aliphatic carboxylic acids is 1. The van der Waals surface area contributed by atoms with E-state index in [1.165, 1.54) is 6.42 Å². The quantitative estimate of drug-likeness (QED) is 0.822. The van der Waals surface area contributed by atoms with Gasteiger partial charge < -0.3 is 24.8 Å². The third-order valence-electron chi connectivity index (χ3n) is 5.29. The third kappa shape index (κ3) is 3.45.